The topological polar surface area (TPSA) is 26.3 Å². The van der Waals surface area contributed by atoms with Gasteiger partial charge in [0.1, 0.15) is 5.75 Å². The van der Waals surface area contributed by atoms with Crippen molar-refractivity contribution in [3.63, 3.8) is 0 Å². The van der Waals surface area contributed by atoms with Crippen LogP contribution in [0.4, 0.5) is 0 Å². The van der Waals surface area contributed by atoms with Gasteiger partial charge in [-0.2, -0.15) is 0 Å². The summed E-state index contributed by atoms with van der Waals surface area (Å²) in [5, 5.41) is 0. The first kappa shape index (κ1) is 15.9. The Balaban J connectivity index is 1.87. The minimum atomic E-state index is -0.414. The number of fused-ring (bicyclic) bond motifs is 1. The van der Waals surface area contributed by atoms with E-state index in [1.807, 2.05) is 84.9 Å². The Bertz CT molecular complexity index is 961. The Labute approximate surface area is 154 Å². The Morgan fingerprint density at radius 3 is 2.44 bits per heavy atom. The second kappa shape index (κ2) is 6.69. The number of carbonyl (C=O) groups excluding carboxylic acids is 1. The lowest BCUT2D eigenvalue weighted by molar-refractivity contribution is 0.0963. The minimum Gasteiger partial charge on any atom is -0.480 e. The van der Waals surface area contributed by atoms with Gasteiger partial charge in [0.25, 0.3) is 0 Å². The first-order chi connectivity index (χ1) is 12.2. The van der Waals surface area contributed by atoms with Crippen LogP contribution in [0.15, 0.2) is 88.9 Å². The Kier molecular flexibility index (Phi) is 4.24. The van der Waals surface area contributed by atoms with Gasteiger partial charge < -0.3 is 4.74 Å². The standard InChI is InChI=1S/C22H15BrO2/c23-17-10-6-7-15(13-17)14-19-21(24)18-11-4-5-12-20(18)25-22(19)16-8-2-1-3-9-16/h1-14,22H. The van der Waals surface area contributed by atoms with Crippen molar-refractivity contribution < 1.29 is 9.53 Å². The van der Waals surface area contributed by atoms with Gasteiger partial charge in [0.05, 0.1) is 5.56 Å². The first-order valence-corrected chi connectivity index (χ1v) is 8.84. The lowest BCUT2D eigenvalue weighted by Gasteiger charge is -2.28. The van der Waals surface area contributed by atoms with Crippen molar-refractivity contribution in [2.24, 2.45) is 0 Å². The number of Topliss-reactive ketones (excluding diaryl/α,β-unsaturated/α-hetero) is 1. The van der Waals surface area contributed by atoms with Gasteiger partial charge >= 0.3 is 0 Å². The molecule has 0 fully saturated rings. The molecule has 1 aliphatic heterocycles. The lowest BCUT2D eigenvalue weighted by Crippen LogP contribution is -2.23. The maximum atomic E-state index is 13.1. The van der Waals surface area contributed by atoms with Crippen LogP contribution >= 0.6 is 15.9 Å². The van der Waals surface area contributed by atoms with Crippen LogP contribution in [0.25, 0.3) is 6.08 Å². The second-order valence-electron chi connectivity index (χ2n) is 5.89. The lowest BCUT2D eigenvalue weighted by atomic mass is 9.89. The molecule has 3 heteroatoms. The molecule has 0 saturated carbocycles. The molecule has 4 rings (SSSR count). The predicted molar refractivity (Wildman–Crippen MR) is 103 cm³/mol. The average molecular weight is 391 g/mol. The van der Waals surface area contributed by atoms with Crippen molar-refractivity contribution in [2.45, 2.75) is 6.10 Å². The molecule has 0 amide bonds. The highest BCUT2D eigenvalue weighted by molar-refractivity contribution is 9.10. The molecule has 0 saturated heterocycles. The van der Waals surface area contributed by atoms with Crippen LogP contribution in [0.2, 0.25) is 0 Å². The maximum absolute atomic E-state index is 13.1. The predicted octanol–water partition coefficient (Wildman–Crippen LogP) is 5.85. The smallest absolute Gasteiger partial charge is 0.196 e. The second-order valence-corrected chi connectivity index (χ2v) is 6.80. The first-order valence-electron chi connectivity index (χ1n) is 8.05. The number of carbonyl (C=O) groups is 1. The van der Waals surface area contributed by atoms with Crippen molar-refractivity contribution in [3.8, 4) is 5.75 Å². The molecule has 0 spiro atoms. The van der Waals surface area contributed by atoms with Crippen molar-refractivity contribution in [3.05, 3.63) is 106 Å². The zero-order chi connectivity index (χ0) is 17.2. The highest BCUT2D eigenvalue weighted by Crippen LogP contribution is 2.39. The van der Waals surface area contributed by atoms with Gasteiger partial charge in [0, 0.05) is 10.0 Å². The Hall–Kier alpha value is -2.65. The summed E-state index contributed by atoms with van der Waals surface area (Å²) in [7, 11) is 0. The normalized spacial score (nSPS) is 17.9. The maximum Gasteiger partial charge on any atom is 0.196 e. The largest absolute Gasteiger partial charge is 0.480 e. The molecule has 3 aromatic carbocycles. The minimum absolute atomic E-state index is 0.00989. The van der Waals surface area contributed by atoms with Crippen molar-refractivity contribution in [1.29, 1.82) is 0 Å². The number of hydrogen-bond donors (Lipinski definition) is 0. The number of halogens is 1. The third-order valence-electron chi connectivity index (χ3n) is 4.19. The molecule has 0 radical (unpaired) electrons. The average Bonchev–Trinajstić information content (AvgIpc) is 2.65. The number of ether oxygens (including phenoxy) is 1. The van der Waals surface area contributed by atoms with Crippen molar-refractivity contribution in [1.82, 2.24) is 0 Å². The van der Waals surface area contributed by atoms with E-state index < -0.39 is 6.10 Å². The summed E-state index contributed by atoms with van der Waals surface area (Å²) >= 11 is 3.48. The van der Waals surface area contributed by atoms with E-state index in [0.29, 0.717) is 16.9 Å². The molecule has 1 aliphatic rings. The van der Waals surface area contributed by atoms with Crippen LogP contribution in [0.1, 0.15) is 27.6 Å². The van der Waals surface area contributed by atoms with E-state index in [2.05, 4.69) is 15.9 Å². The number of para-hydroxylation sites is 1. The van der Waals surface area contributed by atoms with Gasteiger partial charge in [0.15, 0.2) is 11.9 Å². The summed E-state index contributed by atoms with van der Waals surface area (Å²) in [5.41, 5.74) is 3.17. The van der Waals surface area contributed by atoms with Crippen LogP contribution in [-0.4, -0.2) is 5.78 Å². The summed E-state index contributed by atoms with van der Waals surface area (Å²) in [6, 6.07) is 25.1. The zero-order valence-electron chi connectivity index (χ0n) is 13.4. The van der Waals surface area contributed by atoms with E-state index in [1.165, 1.54) is 0 Å². The summed E-state index contributed by atoms with van der Waals surface area (Å²) in [4.78, 5) is 13.1. The quantitative estimate of drug-likeness (QED) is 0.513. The highest BCUT2D eigenvalue weighted by atomic mass is 79.9. The van der Waals surface area contributed by atoms with Crippen molar-refractivity contribution in [2.75, 3.05) is 0 Å². The third-order valence-corrected chi connectivity index (χ3v) is 4.69. The molecule has 1 heterocycles. The number of hydrogen-bond acceptors (Lipinski definition) is 2. The molecule has 3 aromatic rings. The van der Waals surface area contributed by atoms with E-state index >= 15 is 0 Å². The molecule has 0 aliphatic carbocycles. The van der Waals surface area contributed by atoms with Crippen LogP contribution < -0.4 is 4.74 Å². The fourth-order valence-electron chi connectivity index (χ4n) is 3.01. The summed E-state index contributed by atoms with van der Waals surface area (Å²) < 4.78 is 7.18. The molecule has 25 heavy (non-hydrogen) atoms. The molecule has 0 N–H and O–H groups in total. The molecular formula is C22H15BrO2. The molecule has 1 atom stereocenters. The summed E-state index contributed by atoms with van der Waals surface area (Å²) in [5.74, 6) is 0.642. The zero-order valence-corrected chi connectivity index (χ0v) is 14.9. The summed E-state index contributed by atoms with van der Waals surface area (Å²) in [6.07, 6.45) is 1.50. The number of rotatable bonds is 2. The monoisotopic (exact) mass is 390 g/mol. The molecule has 0 bridgehead atoms. The Morgan fingerprint density at radius 1 is 0.880 bits per heavy atom. The van der Waals surface area contributed by atoms with Gasteiger partial charge in [-0.15, -0.1) is 0 Å². The summed E-state index contributed by atoms with van der Waals surface area (Å²) in [6.45, 7) is 0. The molecular weight excluding hydrogens is 376 g/mol. The van der Waals surface area contributed by atoms with Crippen molar-refractivity contribution >= 4 is 27.8 Å². The van der Waals surface area contributed by atoms with E-state index in [-0.39, 0.29) is 5.78 Å². The van der Waals surface area contributed by atoms with Gasteiger partial charge in [-0.3, -0.25) is 4.79 Å². The number of ketones is 1. The van der Waals surface area contributed by atoms with Crippen LogP contribution in [0, 0.1) is 0 Å². The molecule has 1 unspecified atom stereocenters. The fraction of sp³-hybridized carbons (Fsp3) is 0.0455. The van der Waals surface area contributed by atoms with Gasteiger partial charge in [-0.05, 0) is 41.5 Å². The fourth-order valence-corrected chi connectivity index (χ4v) is 3.43. The van der Waals surface area contributed by atoms with Crippen LogP contribution in [-0.2, 0) is 0 Å². The molecule has 122 valence electrons. The SMILES string of the molecule is O=C1C(=Cc2cccc(Br)c2)C(c2ccccc2)Oc2ccccc21. The van der Waals surface area contributed by atoms with Crippen LogP contribution in [0.3, 0.4) is 0 Å². The van der Waals surface area contributed by atoms with Gasteiger partial charge in [0.2, 0.25) is 0 Å². The van der Waals surface area contributed by atoms with E-state index in [0.717, 1.165) is 15.6 Å². The third kappa shape index (κ3) is 3.15. The number of benzene rings is 3. The Morgan fingerprint density at radius 2 is 1.64 bits per heavy atom. The van der Waals surface area contributed by atoms with E-state index in [1.54, 1.807) is 0 Å². The molecule has 0 aromatic heterocycles. The van der Waals surface area contributed by atoms with Gasteiger partial charge in [-0.1, -0.05) is 70.5 Å². The molecule has 2 nitrogen and oxygen atoms in total. The van der Waals surface area contributed by atoms with E-state index in [9.17, 15) is 4.79 Å². The van der Waals surface area contributed by atoms with Gasteiger partial charge in [-0.25, -0.2) is 0 Å². The van der Waals surface area contributed by atoms with E-state index in [4.69, 9.17) is 4.74 Å². The van der Waals surface area contributed by atoms with Crippen LogP contribution in [0.5, 0.6) is 5.75 Å². The highest BCUT2D eigenvalue weighted by Gasteiger charge is 2.32.